The summed E-state index contributed by atoms with van der Waals surface area (Å²) < 4.78 is 13.5. The van der Waals surface area contributed by atoms with Crippen LogP contribution in [0, 0.1) is 0 Å². The number of nitrogen functional groups attached to an aromatic ring is 1. The molecule has 0 unspecified atom stereocenters. The van der Waals surface area contributed by atoms with Crippen LogP contribution < -0.4 is 5.73 Å². The van der Waals surface area contributed by atoms with E-state index >= 15 is 0 Å². The van der Waals surface area contributed by atoms with Gasteiger partial charge in [0.2, 0.25) is 0 Å². The van der Waals surface area contributed by atoms with Gasteiger partial charge in [-0.15, -0.1) is 0 Å². The van der Waals surface area contributed by atoms with Crippen LogP contribution in [0.2, 0.25) is 0 Å². The summed E-state index contributed by atoms with van der Waals surface area (Å²) in [4.78, 5) is 3.84. The van der Waals surface area contributed by atoms with E-state index in [1.807, 2.05) is 4.57 Å². The van der Waals surface area contributed by atoms with Crippen LogP contribution in [0.25, 0.3) is 0 Å². The Morgan fingerprint density at radius 2 is 2.36 bits per heavy atom. The molecule has 11 heavy (non-hydrogen) atoms. The third-order valence-corrected chi connectivity index (χ3v) is 1.53. The van der Waals surface area contributed by atoms with Crippen LogP contribution in [0.3, 0.4) is 0 Å². The zero-order valence-corrected chi connectivity index (χ0v) is 6.33. The number of anilines is 1. The highest BCUT2D eigenvalue weighted by Gasteiger charge is 1.95. The minimum Gasteiger partial charge on any atom is -0.369 e. The van der Waals surface area contributed by atoms with Gasteiger partial charge in [0, 0.05) is 18.9 Å². The summed E-state index contributed by atoms with van der Waals surface area (Å²) in [7, 11) is 0. The number of halogens is 1. The van der Waals surface area contributed by atoms with Crippen LogP contribution in [0.4, 0.5) is 10.3 Å². The molecule has 0 bridgehead atoms. The molecule has 1 aromatic heterocycles. The predicted octanol–water partition coefficient (Wildman–Crippen LogP) is 1.22. The highest BCUT2D eigenvalue weighted by Crippen LogP contribution is 2.01. The van der Waals surface area contributed by atoms with Gasteiger partial charge in [0.25, 0.3) is 0 Å². The Morgan fingerprint density at radius 1 is 1.55 bits per heavy atom. The molecule has 0 fully saturated rings. The first-order valence-corrected chi connectivity index (χ1v) is 3.67. The molecule has 0 radical (unpaired) electrons. The van der Waals surface area contributed by atoms with Gasteiger partial charge in [0.05, 0.1) is 6.67 Å². The fourth-order valence-electron chi connectivity index (χ4n) is 0.906. The normalized spacial score (nSPS) is 10.3. The maximum atomic E-state index is 11.7. The Bertz CT molecular complexity index is 209. The van der Waals surface area contributed by atoms with Crippen molar-refractivity contribution in [3.63, 3.8) is 0 Å². The monoisotopic (exact) mass is 157 g/mol. The maximum absolute atomic E-state index is 11.7. The van der Waals surface area contributed by atoms with E-state index < -0.39 is 0 Å². The Labute approximate surface area is 65.0 Å². The summed E-state index contributed by atoms with van der Waals surface area (Å²) in [6.07, 6.45) is 4.85. The number of nitrogens with zero attached hydrogens (tertiary/aromatic N) is 2. The van der Waals surface area contributed by atoms with E-state index in [0.29, 0.717) is 12.4 Å². The van der Waals surface area contributed by atoms with Gasteiger partial charge < -0.3 is 10.3 Å². The van der Waals surface area contributed by atoms with Crippen molar-refractivity contribution >= 4 is 5.95 Å². The summed E-state index contributed by atoms with van der Waals surface area (Å²) in [6.45, 7) is 0.504. The van der Waals surface area contributed by atoms with Crippen molar-refractivity contribution in [3.8, 4) is 0 Å². The average Bonchev–Trinajstić information content (AvgIpc) is 2.37. The van der Waals surface area contributed by atoms with E-state index in [2.05, 4.69) is 4.98 Å². The first kappa shape index (κ1) is 8.04. The van der Waals surface area contributed by atoms with Gasteiger partial charge in [-0.25, -0.2) is 4.98 Å². The quantitative estimate of drug-likeness (QED) is 0.668. The lowest BCUT2D eigenvalue weighted by Gasteiger charge is -2.01. The SMILES string of the molecule is Nc1nccn1CCCCF. The van der Waals surface area contributed by atoms with E-state index in [4.69, 9.17) is 5.73 Å². The van der Waals surface area contributed by atoms with Crippen LogP contribution in [0.1, 0.15) is 12.8 Å². The van der Waals surface area contributed by atoms with Crippen molar-refractivity contribution in [1.82, 2.24) is 9.55 Å². The highest BCUT2D eigenvalue weighted by molar-refractivity contribution is 5.16. The number of alkyl halides is 1. The van der Waals surface area contributed by atoms with E-state index in [1.54, 1.807) is 12.4 Å². The van der Waals surface area contributed by atoms with Gasteiger partial charge in [0.1, 0.15) is 0 Å². The summed E-state index contributed by atoms with van der Waals surface area (Å²) in [5, 5.41) is 0. The smallest absolute Gasteiger partial charge is 0.200 e. The second kappa shape index (κ2) is 3.95. The van der Waals surface area contributed by atoms with Crippen molar-refractivity contribution in [2.45, 2.75) is 19.4 Å². The molecule has 0 aliphatic rings. The van der Waals surface area contributed by atoms with E-state index in [0.717, 1.165) is 13.0 Å². The molecular formula is C7H12FN3. The molecule has 0 saturated carbocycles. The van der Waals surface area contributed by atoms with Crippen molar-refractivity contribution < 1.29 is 4.39 Å². The van der Waals surface area contributed by atoms with Crippen LogP contribution in [0.5, 0.6) is 0 Å². The summed E-state index contributed by atoms with van der Waals surface area (Å²) in [5.74, 6) is 0.504. The van der Waals surface area contributed by atoms with E-state index in [1.165, 1.54) is 0 Å². The molecule has 3 nitrogen and oxygen atoms in total. The standard InChI is InChI=1S/C7H12FN3/c8-3-1-2-5-11-6-4-10-7(11)9/h4,6H,1-3,5H2,(H2,9,10). The molecule has 62 valence electrons. The van der Waals surface area contributed by atoms with Gasteiger partial charge in [-0.2, -0.15) is 0 Å². The fraction of sp³-hybridized carbons (Fsp3) is 0.571. The molecule has 0 atom stereocenters. The predicted molar refractivity (Wildman–Crippen MR) is 41.8 cm³/mol. The average molecular weight is 157 g/mol. The molecule has 0 amide bonds. The third kappa shape index (κ3) is 2.22. The summed E-state index contributed by atoms with van der Waals surface area (Å²) >= 11 is 0. The van der Waals surface area contributed by atoms with Gasteiger partial charge in [0.15, 0.2) is 5.95 Å². The molecule has 1 aromatic rings. The van der Waals surface area contributed by atoms with Crippen LogP contribution >= 0.6 is 0 Å². The molecule has 1 heterocycles. The van der Waals surface area contributed by atoms with Crippen molar-refractivity contribution in [2.75, 3.05) is 12.4 Å². The number of hydrogen-bond donors (Lipinski definition) is 1. The lowest BCUT2D eigenvalue weighted by molar-refractivity contribution is 0.448. The third-order valence-electron chi connectivity index (χ3n) is 1.53. The molecule has 1 rings (SSSR count). The Kier molecular flexibility index (Phi) is 2.89. The summed E-state index contributed by atoms with van der Waals surface area (Å²) in [5.41, 5.74) is 5.48. The topological polar surface area (TPSA) is 43.8 Å². The zero-order valence-electron chi connectivity index (χ0n) is 6.33. The van der Waals surface area contributed by atoms with Gasteiger partial charge in [-0.1, -0.05) is 0 Å². The molecule has 0 aromatic carbocycles. The van der Waals surface area contributed by atoms with Gasteiger partial charge >= 0.3 is 0 Å². The fourth-order valence-corrected chi connectivity index (χ4v) is 0.906. The number of aromatic nitrogens is 2. The first-order valence-electron chi connectivity index (χ1n) is 3.67. The van der Waals surface area contributed by atoms with Crippen LogP contribution in [-0.2, 0) is 6.54 Å². The number of hydrogen-bond acceptors (Lipinski definition) is 2. The zero-order chi connectivity index (χ0) is 8.10. The lowest BCUT2D eigenvalue weighted by atomic mass is 10.3. The number of imidazole rings is 1. The second-order valence-electron chi connectivity index (χ2n) is 2.37. The lowest BCUT2D eigenvalue weighted by Crippen LogP contribution is -2.02. The van der Waals surface area contributed by atoms with E-state index in [9.17, 15) is 4.39 Å². The Hall–Kier alpha value is -1.06. The first-order chi connectivity index (χ1) is 5.34. The van der Waals surface area contributed by atoms with Crippen LogP contribution in [0.15, 0.2) is 12.4 Å². The minimum absolute atomic E-state index is 0.255. The Balaban J connectivity index is 2.32. The van der Waals surface area contributed by atoms with Crippen molar-refractivity contribution in [2.24, 2.45) is 0 Å². The second-order valence-corrected chi connectivity index (χ2v) is 2.37. The highest BCUT2D eigenvalue weighted by atomic mass is 19.1. The molecule has 0 spiro atoms. The molecule has 2 N–H and O–H groups in total. The Morgan fingerprint density at radius 3 is 2.91 bits per heavy atom. The van der Waals surface area contributed by atoms with Crippen molar-refractivity contribution in [1.29, 1.82) is 0 Å². The number of unbranched alkanes of at least 4 members (excludes halogenated alkanes) is 1. The largest absolute Gasteiger partial charge is 0.369 e. The van der Waals surface area contributed by atoms with E-state index in [-0.39, 0.29) is 6.67 Å². The van der Waals surface area contributed by atoms with Gasteiger partial charge in [-0.3, -0.25) is 4.39 Å². The molecule has 0 aliphatic heterocycles. The molecule has 4 heteroatoms. The molecule has 0 saturated heterocycles. The minimum atomic E-state index is -0.255. The molecule has 0 aliphatic carbocycles. The van der Waals surface area contributed by atoms with Crippen LogP contribution in [-0.4, -0.2) is 16.2 Å². The molecular weight excluding hydrogens is 145 g/mol. The number of rotatable bonds is 4. The maximum Gasteiger partial charge on any atom is 0.200 e. The number of nitrogens with two attached hydrogens (primary N) is 1. The summed E-state index contributed by atoms with van der Waals surface area (Å²) in [6, 6.07) is 0. The van der Waals surface area contributed by atoms with Gasteiger partial charge in [-0.05, 0) is 12.8 Å². The number of aryl methyl sites for hydroxylation is 1. The van der Waals surface area contributed by atoms with Crippen molar-refractivity contribution in [3.05, 3.63) is 12.4 Å².